The number of aromatic nitrogens is 5. The van der Waals surface area contributed by atoms with Crippen LogP contribution in [0.15, 0.2) is 60.1 Å². The summed E-state index contributed by atoms with van der Waals surface area (Å²) in [5, 5.41) is 9.24. The minimum Gasteiger partial charge on any atom is -0.355 e. The molecule has 6 rings (SSSR count). The van der Waals surface area contributed by atoms with Crippen LogP contribution in [0.1, 0.15) is 11.3 Å². The number of nitrogens with one attached hydrogen (secondary N) is 3. The number of H-pyrrole nitrogens is 1. The standard InChI is InChI=1S/C24H26N8S/c1-2-7-20-19(6-1)28-23(29-20)26-11-13-31-12-9-17(15-31)27-24-30-21-8-3-10-25-22(21)32(24)16-18-5-4-14-33-18/h1-8,10,14,17H,9,11-13,15-16H2,(H,27,30)(H2,26,28,29). The summed E-state index contributed by atoms with van der Waals surface area (Å²) in [6.45, 7) is 4.68. The van der Waals surface area contributed by atoms with E-state index in [-0.39, 0.29) is 0 Å². The SMILES string of the molecule is c1csc(Cn2c(NC3CCN(CCNc4nc5ccccc5[nH]4)C3)nc3cccnc32)c1. The fourth-order valence-electron chi connectivity index (χ4n) is 4.48. The van der Waals surface area contributed by atoms with Crippen LogP contribution >= 0.6 is 11.3 Å². The van der Waals surface area contributed by atoms with Gasteiger partial charge in [-0.2, -0.15) is 0 Å². The van der Waals surface area contributed by atoms with E-state index < -0.39 is 0 Å². The van der Waals surface area contributed by atoms with E-state index in [2.05, 4.69) is 52.6 Å². The topological polar surface area (TPSA) is 86.7 Å². The molecule has 9 heteroatoms. The lowest BCUT2D eigenvalue weighted by molar-refractivity contribution is 0.349. The molecule has 1 saturated heterocycles. The monoisotopic (exact) mass is 458 g/mol. The highest BCUT2D eigenvalue weighted by molar-refractivity contribution is 7.09. The Hall–Kier alpha value is -3.43. The highest BCUT2D eigenvalue weighted by Gasteiger charge is 2.24. The molecule has 5 aromatic rings. The number of imidazole rings is 2. The second-order valence-corrected chi connectivity index (χ2v) is 9.44. The summed E-state index contributed by atoms with van der Waals surface area (Å²) in [6, 6.07) is 16.7. The van der Waals surface area contributed by atoms with E-state index in [9.17, 15) is 0 Å². The first-order chi connectivity index (χ1) is 16.3. The fraction of sp³-hybridized carbons (Fsp3) is 0.292. The summed E-state index contributed by atoms with van der Waals surface area (Å²) in [6.07, 6.45) is 2.94. The molecule has 1 unspecified atom stereocenters. The molecule has 33 heavy (non-hydrogen) atoms. The quantitative estimate of drug-likeness (QED) is 0.326. The Morgan fingerprint density at radius 2 is 2.00 bits per heavy atom. The van der Waals surface area contributed by atoms with Gasteiger partial charge in [0.1, 0.15) is 5.52 Å². The molecule has 1 aromatic carbocycles. The van der Waals surface area contributed by atoms with Crippen LogP contribution in [-0.4, -0.2) is 61.6 Å². The lowest BCUT2D eigenvalue weighted by atomic mass is 10.3. The number of para-hydroxylation sites is 2. The first-order valence-corrected chi connectivity index (χ1v) is 12.2. The molecule has 0 aliphatic carbocycles. The number of hydrogen-bond acceptors (Lipinski definition) is 7. The maximum Gasteiger partial charge on any atom is 0.205 e. The molecule has 8 nitrogen and oxygen atoms in total. The first kappa shape index (κ1) is 20.2. The lowest BCUT2D eigenvalue weighted by Gasteiger charge is -2.17. The summed E-state index contributed by atoms with van der Waals surface area (Å²) in [5.74, 6) is 1.74. The number of likely N-dealkylation sites (tertiary alicyclic amines) is 1. The average molecular weight is 459 g/mol. The summed E-state index contributed by atoms with van der Waals surface area (Å²) < 4.78 is 2.20. The number of pyridine rings is 1. The van der Waals surface area contributed by atoms with Crippen LogP contribution in [-0.2, 0) is 6.54 Å². The molecule has 1 aliphatic heterocycles. The van der Waals surface area contributed by atoms with E-state index in [1.54, 1.807) is 11.3 Å². The number of nitrogens with zero attached hydrogens (tertiary/aromatic N) is 5. The molecule has 0 bridgehead atoms. The Morgan fingerprint density at radius 1 is 1.06 bits per heavy atom. The van der Waals surface area contributed by atoms with Crippen LogP contribution < -0.4 is 10.6 Å². The molecule has 168 valence electrons. The first-order valence-electron chi connectivity index (χ1n) is 11.3. The fourth-order valence-corrected chi connectivity index (χ4v) is 5.17. The van der Waals surface area contributed by atoms with Crippen molar-refractivity contribution in [2.24, 2.45) is 0 Å². The number of hydrogen-bond donors (Lipinski definition) is 3. The molecule has 0 radical (unpaired) electrons. The van der Waals surface area contributed by atoms with Gasteiger partial charge in [0.2, 0.25) is 11.9 Å². The van der Waals surface area contributed by atoms with Gasteiger partial charge in [0.05, 0.1) is 17.6 Å². The van der Waals surface area contributed by atoms with Gasteiger partial charge in [0.25, 0.3) is 0 Å². The van der Waals surface area contributed by atoms with Crippen molar-refractivity contribution in [2.75, 3.05) is 36.8 Å². The zero-order valence-electron chi connectivity index (χ0n) is 18.2. The van der Waals surface area contributed by atoms with E-state index >= 15 is 0 Å². The van der Waals surface area contributed by atoms with Gasteiger partial charge in [0, 0.05) is 43.3 Å². The van der Waals surface area contributed by atoms with Crippen molar-refractivity contribution < 1.29 is 0 Å². The van der Waals surface area contributed by atoms with Crippen molar-refractivity contribution in [1.82, 2.24) is 29.4 Å². The van der Waals surface area contributed by atoms with Gasteiger partial charge < -0.3 is 15.6 Å². The van der Waals surface area contributed by atoms with Crippen LogP contribution in [0, 0.1) is 0 Å². The Bertz CT molecular complexity index is 1320. The molecule has 5 heterocycles. The second kappa shape index (κ2) is 8.84. The number of thiophene rings is 1. The molecule has 0 amide bonds. The third-order valence-corrected chi connectivity index (χ3v) is 6.97. The molecular weight excluding hydrogens is 432 g/mol. The predicted octanol–water partition coefficient (Wildman–Crippen LogP) is 4.02. The van der Waals surface area contributed by atoms with Crippen molar-refractivity contribution in [3.8, 4) is 0 Å². The van der Waals surface area contributed by atoms with Gasteiger partial charge in [-0.15, -0.1) is 11.3 Å². The van der Waals surface area contributed by atoms with Crippen LogP contribution in [0.5, 0.6) is 0 Å². The summed E-state index contributed by atoms with van der Waals surface area (Å²) in [5.41, 5.74) is 3.91. The number of fused-ring (bicyclic) bond motifs is 2. The van der Waals surface area contributed by atoms with Gasteiger partial charge in [0.15, 0.2) is 5.65 Å². The zero-order chi connectivity index (χ0) is 22.0. The number of aromatic amines is 1. The van der Waals surface area contributed by atoms with Gasteiger partial charge in [-0.25, -0.2) is 15.0 Å². The van der Waals surface area contributed by atoms with Gasteiger partial charge in [-0.3, -0.25) is 9.47 Å². The summed E-state index contributed by atoms with van der Waals surface area (Å²) >= 11 is 1.76. The van der Waals surface area contributed by atoms with Crippen molar-refractivity contribution in [3.63, 3.8) is 0 Å². The van der Waals surface area contributed by atoms with Gasteiger partial charge in [-0.1, -0.05) is 18.2 Å². The van der Waals surface area contributed by atoms with Crippen LogP contribution in [0.4, 0.5) is 11.9 Å². The van der Waals surface area contributed by atoms with E-state index in [1.165, 1.54) is 4.88 Å². The molecule has 1 aliphatic rings. The molecule has 4 aromatic heterocycles. The highest BCUT2D eigenvalue weighted by Crippen LogP contribution is 2.23. The lowest BCUT2D eigenvalue weighted by Crippen LogP contribution is -2.30. The normalized spacial score (nSPS) is 16.7. The minimum atomic E-state index is 0.370. The average Bonchev–Trinajstić information content (AvgIpc) is 3.62. The molecular formula is C24H26N8S. The van der Waals surface area contributed by atoms with E-state index in [1.807, 2.05) is 42.6 Å². The van der Waals surface area contributed by atoms with Crippen molar-refractivity contribution in [1.29, 1.82) is 0 Å². The highest BCUT2D eigenvalue weighted by atomic mass is 32.1. The van der Waals surface area contributed by atoms with Gasteiger partial charge in [-0.05, 0) is 42.1 Å². The Balaban J connectivity index is 1.08. The van der Waals surface area contributed by atoms with Gasteiger partial charge >= 0.3 is 0 Å². The van der Waals surface area contributed by atoms with Crippen molar-refractivity contribution in [2.45, 2.75) is 19.0 Å². The van der Waals surface area contributed by atoms with E-state index in [0.717, 1.165) is 73.2 Å². The Labute approximate surface area is 195 Å². The Morgan fingerprint density at radius 3 is 2.91 bits per heavy atom. The summed E-state index contributed by atoms with van der Waals surface area (Å²) in [4.78, 5) is 21.2. The van der Waals surface area contributed by atoms with E-state index in [0.29, 0.717) is 6.04 Å². The number of rotatable bonds is 8. The van der Waals surface area contributed by atoms with Crippen LogP contribution in [0.3, 0.4) is 0 Å². The zero-order valence-corrected chi connectivity index (χ0v) is 19.1. The van der Waals surface area contributed by atoms with Crippen LogP contribution in [0.25, 0.3) is 22.2 Å². The molecule has 1 fully saturated rings. The van der Waals surface area contributed by atoms with Crippen molar-refractivity contribution in [3.05, 3.63) is 65.0 Å². The summed E-state index contributed by atoms with van der Waals surface area (Å²) in [7, 11) is 0. The molecule has 3 N–H and O–H groups in total. The largest absolute Gasteiger partial charge is 0.355 e. The van der Waals surface area contributed by atoms with E-state index in [4.69, 9.17) is 4.98 Å². The maximum absolute atomic E-state index is 4.86. The number of anilines is 2. The van der Waals surface area contributed by atoms with Crippen LogP contribution in [0.2, 0.25) is 0 Å². The number of benzene rings is 1. The second-order valence-electron chi connectivity index (χ2n) is 8.41. The molecule has 1 atom stereocenters. The third-order valence-electron chi connectivity index (χ3n) is 6.11. The predicted molar refractivity (Wildman–Crippen MR) is 134 cm³/mol. The smallest absolute Gasteiger partial charge is 0.205 e. The maximum atomic E-state index is 4.86. The third kappa shape index (κ3) is 4.29. The van der Waals surface area contributed by atoms with Crippen molar-refractivity contribution >= 4 is 45.4 Å². The minimum absolute atomic E-state index is 0.370. The Kier molecular flexibility index (Phi) is 5.41. The molecule has 0 saturated carbocycles. The molecule has 0 spiro atoms.